The van der Waals surface area contributed by atoms with Crippen molar-refractivity contribution in [3.05, 3.63) is 0 Å². The lowest BCUT2D eigenvalue weighted by Gasteiger charge is -2.08. The minimum atomic E-state index is -0.797. The SMILES string of the molecule is CCCCCCCCCCCCOC(=O)NOC(=O)CCCCC(=O)ONC(=O)OCCCCCCCCCCCC. The van der Waals surface area contributed by atoms with Gasteiger partial charge in [-0.1, -0.05) is 129 Å². The van der Waals surface area contributed by atoms with Gasteiger partial charge >= 0.3 is 24.1 Å². The topological polar surface area (TPSA) is 129 Å². The maximum Gasteiger partial charge on any atom is 0.440 e. The van der Waals surface area contributed by atoms with E-state index in [-0.39, 0.29) is 26.1 Å². The van der Waals surface area contributed by atoms with Crippen molar-refractivity contribution in [2.75, 3.05) is 13.2 Å². The summed E-state index contributed by atoms with van der Waals surface area (Å²) in [6.45, 7) is 5.00. The summed E-state index contributed by atoms with van der Waals surface area (Å²) in [7, 11) is 0. The van der Waals surface area contributed by atoms with Crippen LogP contribution in [0, 0.1) is 0 Å². The molecular weight excluding hydrogens is 540 g/mol. The van der Waals surface area contributed by atoms with E-state index in [9.17, 15) is 19.2 Å². The maximum atomic E-state index is 11.7. The lowest BCUT2D eigenvalue weighted by atomic mass is 10.1. The third-order valence-electron chi connectivity index (χ3n) is 6.97. The zero-order valence-corrected chi connectivity index (χ0v) is 26.7. The minimum Gasteiger partial charge on any atom is -0.447 e. The molecule has 0 bridgehead atoms. The molecule has 246 valence electrons. The highest BCUT2D eigenvalue weighted by Gasteiger charge is 2.11. The van der Waals surface area contributed by atoms with Gasteiger partial charge in [0.2, 0.25) is 0 Å². The van der Waals surface area contributed by atoms with Gasteiger partial charge in [0.15, 0.2) is 0 Å². The van der Waals surface area contributed by atoms with Crippen molar-refractivity contribution in [1.29, 1.82) is 0 Å². The molecular formula is C32H60N2O8. The van der Waals surface area contributed by atoms with E-state index in [0.717, 1.165) is 38.5 Å². The number of ether oxygens (including phenoxy) is 2. The third kappa shape index (κ3) is 30.4. The van der Waals surface area contributed by atoms with Gasteiger partial charge in [-0.2, -0.15) is 0 Å². The molecule has 10 nitrogen and oxygen atoms in total. The van der Waals surface area contributed by atoms with Gasteiger partial charge in [0.05, 0.1) is 13.2 Å². The Labute approximate surface area is 254 Å². The Morgan fingerprint density at radius 1 is 0.405 bits per heavy atom. The van der Waals surface area contributed by atoms with Gasteiger partial charge in [0.25, 0.3) is 0 Å². The zero-order chi connectivity index (χ0) is 30.9. The average Bonchev–Trinajstić information content (AvgIpc) is 2.98. The molecule has 0 aliphatic rings. The number of rotatable bonds is 27. The first-order valence-corrected chi connectivity index (χ1v) is 16.7. The molecule has 42 heavy (non-hydrogen) atoms. The van der Waals surface area contributed by atoms with E-state index < -0.39 is 24.1 Å². The van der Waals surface area contributed by atoms with Crippen molar-refractivity contribution in [3.63, 3.8) is 0 Å². The van der Waals surface area contributed by atoms with Crippen LogP contribution in [-0.2, 0) is 28.7 Å². The van der Waals surface area contributed by atoms with Gasteiger partial charge in [0.1, 0.15) is 0 Å². The number of hydroxylamine groups is 2. The molecule has 0 atom stereocenters. The van der Waals surface area contributed by atoms with Crippen molar-refractivity contribution >= 4 is 24.1 Å². The van der Waals surface area contributed by atoms with Gasteiger partial charge < -0.3 is 19.1 Å². The van der Waals surface area contributed by atoms with E-state index in [1.54, 1.807) is 0 Å². The van der Waals surface area contributed by atoms with E-state index >= 15 is 0 Å². The minimum absolute atomic E-state index is 0.0142. The number of amides is 2. The van der Waals surface area contributed by atoms with Crippen LogP contribution in [0.15, 0.2) is 0 Å². The molecule has 0 aromatic heterocycles. The van der Waals surface area contributed by atoms with Crippen LogP contribution in [0.3, 0.4) is 0 Å². The molecule has 10 heteroatoms. The summed E-state index contributed by atoms with van der Waals surface area (Å²) in [5.41, 5.74) is 3.96. The van der Waals surface area contributed by atoms with Gasteiger partial charge in [-0.25, -0.2) is 19.2 Å². The van der Waals surface area contributed by atoms with E-state index in [1.807, 2.05) is 11.0 Å². The standard InChI is InChI=1S/C32H60N2O8/c1-3-5-7-9-11-13-15-17-19-23-27-39-31(37)33-41-29(35)25-21-22-26-30(36)42-34-32(38)40-28-24-20-18-16-14-12-10-8-6-4-2/h3-28H2,1-2H3,(H,33,37)(H,34,38). The van der Waals surface area contributed by atoms with Gasteiger partial charge in [-0.15, -0.1) is 11.0 Å². The second-order valence-corrected chi connectivity index (χ2v) is 11.0. The van der Waals surface area contributed by atoms with Crippen molar-refractivity contribution in [3.8, 4) is 0 Å². The van der Waals surface area contributed by atoms with Crippen LogP contribution in [-0.4, -0.2) is 37.3 Å². The first-order chi connectivity index (χ1) is 20.5. The monoisotopic (exact) mass is 600 g/mol. The average molecular weight is 601 g/mol. The number of unbranched alkanes of at least 4 members (excludes halogenated alkanes) is 19. The van der Waals surface area contributed by atoms with Gasteiger partial charge in [0, 0.05) is 12.8 Å². The van der Waals surface area contributed by atoms with E-state index in [2.05, 4.69) is 23.5 Å². The van der Waals surface area contributed by atoms with E-state index in [0.29, 0.717) is 12.8 Å². The van der Waals surface area contributed by atoms with Crippen molar-refractivity contribution in [2.24, 2.45) is 0 Å². The lowest BCUT2D eigenvalue weighted by Crippen LogP contribution is -2.28. The predicted octanol–water partition coefficient (Wildman–Crippen LogP) is 8.76. The van der Waals surface area contributed by atoms with Gasteiger partial charge in [-0.3, -0.25) is 0 Å². The summed E-state index contributed by atoms with van der Waals surface area (Å²) in [5.74, 6) is -1.26. The molecule has 2 amide bonds. The first-order valence-electron chi connectivity index (χ1n) is 16.7. The fourth-order valence-electron chi connectivity index (χ4n) is 4.41. The van der Waals surface area contributed by atoms with E-state index in [4.69, 9.17) is 9.47 Å². The summed E-state index contributed by atoms with van der Waals surface area (Å²) >= 11 is 0. The molecule has 0 fully saturated rings. The molecule has 0 spiro atoms. The van der Waals surface area contributed by atoms with Crippen molar-refractivity contribution in [2.45, 2.75) is 168 Å². The molecule has 0 rings (SSSR count). The smallest absolute Gasteiger partial charge is 0.440 e. The number of carbonyl (C=O) groups excluding carboxylic acids is 4. The number of hydrogen-bond acceptors (Lipinski definition) is 8. The molecule has 2 N–H and O–H groups in total. The molecule has 0 aromatic rings. The zero-order valence-electron chi connectivity index (χ0n) is 26.7. The Balaban J connectivity index is 3.49. The van der Waals surface area contributed by atoms with Crippen LogP contribution in [0.25, 0.3) is 0 Å². The lowest BCUT2D eigenvalue weighted by molar-refractivity contribution is -0.151. The van der Waals surface area contributed by atoms with Crippen molar-refractivity contribution < 1.29 is 38.3 Å². The molecule has 0 saturated carbocycles. The molecule has 0 aliphatic heterocycles. The highest BCUT2D eigenvalue weighted by molar-refractivity contribution is 5.74. The Morgan fingerprint density at radius 3 is 1.00 bits per heavy atom. The highest BCUT2D eigenvalue weighted by atomic mass is 16.7. The number of carbonyl (C=O) groups is 4. The summed E-state index contributed by atoms with van der Waals surface area (Å²) in [6.07, 6.45) is 22.9. The van der Waals surface area contributed by atoms with Crippen LogP contribution in [0.2, 0.25) is 0 Å². The van der Waals surface area contributed by atoms with Crippen LogP contribution in [0.5, 0.6) is 0 Å². The Hall–Kier alpha value is -2.52. The number of hydrogen-bond donors (Lipinski definition) is 2. The fraction of sp³-hybridized carbons (Fsp3) is 0.875. The van der Waals surface area contributed by atoms with E-state index in [1.165, 1.54) is 89.9 Å². The molecule has 0 radical (unpaired) electrons. The van der Waals surface area contributed by atoms with Gasteiger partial charge in [-0.05, 0) is 25.7 Å². The van der Waals surface area contributed by atoms with Crippen molar-refractivity contribution in [1.82, 2.24) is 11.0 Å². The summed E-state index contributed by atoms with van der Waals surface area (Å²) in [5, 5.41) is 0. The summed E-state index contributed by atoms with van der Waals surface area (Å²) in [4.78, 5) is 56.0. The Morgan fingerprint density at radius 2 is 0.690 bits per heavy atom. The molecule has 0 heterocycles. The summed E-state index contributed by atoms with van der Waals surface area (Å²) in [6, 6.07) is 0. The second-order valence-electron chi connectivity index (χ2n) is 11.0. The maximum absolute atomic E-state index is 11.7. The van der Waals surface area contributed by atoms with Crippen LogP contribution >= 0.6 is 0 Å². The molecule has 0 unspecified atom stereocenters. The van der Waals surface area contributed by atoms with Crippen LogP contribution < -0.4 is 11.0 Å². The number of nitrogens with one attached hydrogen (secondary N) is 2. The Kier molecular flexibility index (Phi) is 29.5. The fourth-order valence-corrected chi connectivity index (χ4v) is 4.41. The predicted molar refractivity (Wildman–Crippen MR) is 163 cm³/mol. The summed E-state index contributed by atoms with van der Waals surface area (Å²) < 4.78 is 10.00. The normalized spacial score (nSPS) is 10.6. The molecule has 0 aromatic carbocycles. The van der Waals surface area contributed by atoms with Crippen LogP contribution in [0.1, 0.15) is 168 Å². The molecule has 0 saturated heterocycles. The van der Waals surface area contributed by atoms with Crippen LogP contribution in [0.4, 0.5) is 9.59 Å². The second kappa shape index (κ2) is 31.4. The largest absolute Gasteiger partial charge is 0.447 e. The first kappa shape index (κ1) is 39.5. The highest BCUT2D eigenvalue weighted by Crippen LogP contribution is 2.11. The third-order valence-corrected chi connectivity index (χ3v) is 6.97. The quantitative estimate of drug-likeness (QED) is 0.0544. The Bertz CT molecular complexity index is 619. The molecule has 0 aliphatic carbocycles.